The lowest BCUT2D eigenvalue weighted by Gasteiger charge is -2.32. The number of carbonyl (C=O) groups excluding carboxylic acids is 2. The summed E-state index contributed by atoms with van der Waals surface area (Å²) in [6, 6.07) is 9.45. The van der Waals surface area contributed by atoms with Crippen LogP contribution in [0.25, 0.3) is 0 Å². The summed E-state index contributed by atoms with van der Waals surface area (Å²) >= 11 is 0. The number of piperidine rings is 1. The lowest BCUT2D eigenvalue weighted by atomic mass is 9.96. The van der Waals surface area contributed by atoms with Crippen LogP contribution in [0, 0.1) is 11.8 Å². The molecule has 21 heavy (non-hydrogen) atoms. The third-order valence-electron chi connectivity index (χ3n) is 4.44. The van der Waals surface area contributed by atoms with Crippen LogP contribution in [0.4, 0.5) is 0 Å². The van der Waals surface area contributed by atoms with Gasteiger partial charge in [-0.2, -0.15) is 0 Å². The fourth-order valence-corrected chi connectivity index (χ4v) is 2.84. The summed E-state index contributed by atoms with van der Waals surface area (Å²) in [7, 11) is 0. The normalized spacial score (nSPS) is 19.3. The number of hydrogen-bond donors (Lipinski definition) is 1. The van der Waals surface area contributed by atoms with Gasteiger partial charge in [0.15, 0.2) is 0 Å². The van der Waals surface area contributed by atoms with Crippen molar-refractivity contribution in [3.63, 3.8) is 0 Å². The van der Waals surface area contributed by atoms with Crippen molar-refractivity contribution in [3.8, 4) is 0 Å². The van der Waals surface area contributed by atoms with Gasteiger partial charge in [0.2, 0.25) is 5.91 Å². The Hall–Kier alpha value is -1.84. The molecule has 0 spiro atoms. The van der Waals surface area contributed by atoms with Gasteiger partial charge in [-0.25, -0.2) is 0 Å². The van der Waals surface area contributed by atoms with Crippen LogP contribution in [0.3, 0.4) is 0 Å². The van der Waals surface area contributed by atoms with Crippen molar-refractivity contribution in [3.05, 3.63) is 35.9 Å². The van der Waals surface area contributed by atoms with Gasteiger partial charge in [0, 0.05) is 31.1 Å². The first kappa shape index (κ1) is 14.1. The number of likely N-dealkylation sites (tertiary alicyclic amines) is 1. The Morgan fingerprint density at radius 3 is 2.33 bits per heavy atom. The van der Waals surface area contributed by atoms with Crippen LogP contribution in [0.1, 0.15) is 36.0 Å². The van der Waals surface area contributed by atoms with Crippen molar-refractivity contribution in [2.24, 2.45) is 11.8 Å². The molecule has 112 valence electrons. The average Bonchev–Trinajstić information content (AvgIpc) is 3.38. The second kappa shape index (κ2) is 6.29. The van der Waals surface area contributed by atoms with E-state index < -0.39 is 0 Å². The number of benzene rings is 1. The molecule has 0 radical (unpaired) electrons. The molecule has 0 atom stereocenters. The third-order valence-corrected chi connectivity index (χ3v) is 4.44. The van der Waals surface area contributed by atoms with Crippen molar-refractivity contribution >= 4 is 11.8 Å². The van der Waals surface area contributed by atoms with Gasteiger partial charge in [-0.15, -0.1) is 0 Å². The van der Waals surface area contributed by atoms with Gasteiger partial charge in [-0.1, -0.05) is 18.2 Å². The minimum atomic E-state index is 0.121. The molecule has 0 aromatic heterocycles. The molecular formula is C17H22N2O2. The summed E-state index contributed by atoms with van der Waals surface area (Å²) < 4.78 is 0. The van der Waals surface area contributed by atoms with Crippen molar-refractivity contribution < 1.29 is 9.59 Å². The highest BCUT2D eigenvalue weighted by Gasteiger charge is 2.30. The molecule has 1 saturated carbocycles. The number of hydrogen-bond acceptors (Lipinski definition) is 2. The number of amides is 2. The van der Waals surface area contributed by atoms with Gasteiger partial charge in [0.1, 0.15) is 0 Å². The Morgan fingerprint density at radius 1 is 1.05 bits per heavy atom. The Kier molecular flexibility index (Phi) is 4.23. The smallest absolute Gasteiger partial charge is 0.253 e. The molecule has 0 bridgehead atoms. The van der Waals surface area contributed by atoms with Crippen LogP contribution in [0.5, 0.6) is 0 Å². The molecule has 1 saturated heterocycles. The monoisotopic (exact) mass is 286 g/mol. The zero-order valence-corrected chi connectivity index (χ0v) is 12.3. The molecule has 2 fully saturated rings. The van der Waals surface area contributed by atoms with Crippen LogP contribution in [-0.4, -0.2) is 36.3 Å². The van der Waals surface area contributed by atoms with Gasteiger partial charge in [0.05, 0.1) is 0 Å². The lowest BCUT2D eigenvalue weighted by Crippen LogP contribution is -2.41. The number of carbonyl (C=O) groups is 2. The first-order valence-corrected chi connectivity index (χ1v) is 7.86. The zero-order valence-electron chi connectivity index (χ0n) is 12.3. The highest BCUT2D eigenvalue weighted by Crippen LogP contribution is 2.29. The maximum Gasteiger partial charge on any atom is 0.253 e. The molecule has 4 nitrogen and oxygen atoms in total. The van der Waals surface area contributed by atoms with Gasteiger partial charge in [-0.05, 0) is 43.7 Å². The molecule has 1 aliphatic carbocycles. The van der Waals surface area contributed by atoms with E-state index in [9.17, 15) is 9.59 Å². The van der Waals surface area contributed by atoms with Crippen LogP contribution >= 0.6 is 0 Å². The molecule has 0 unspecified atom stereocenters. The van der Waals surface area contributed by atoms with Gasteiger partial charge >= 0.3 is 0 Å². The van der Waals surface area contributed by atoms with Crippen LogP contribution in [-0.2, 0) is 4.79 Å². The molecule has 2 amide bonds. The standard InChI is InChI=1S/C17H22N2O2/c20-16(14-6-7-14)18-12-13-8-10-19(11-9-13)17(21)15-4-2-1-3-5-15/h1-5,13-14H,6-12H2,(H,18,20). The second-order valence-corrected chi connectivity index (χ2v) is 6.12. The summed E-state index contributed by atoms with van der Waals surface area (Å²) in [5, 5.41) is 3.05. The topological polar surface area (TPSA) is 49.4 Å². The molecule has 1 N–H and O–H groups in total. The maximum absolute atomic E-state index is 12.3. The molecular weight excluding hydrogens is 264 g/mol. The van der Waals surface area contributed by atoms with Crippen LogP contribution < -0.4 is 5.32 Å². The predicted octanol–water partition coefficient (Wildman–Crippen LogP) is 2.06. The van der Waals surface area contributed by atoms with Crippen molar-refractivity contribution in [2.45, 2.75) is 25.7 Å². The van der Waals surface area contributed by atoms with E-state index in [0.717, 1.165) is 50.9 Å². The Balaban J connectivity index is 1.44. The molecule has 1 aromatic rings. The highest BCUT2D eigenvalue weighted by molar-refractivity contribution is 5.94. The second-order valence-electron chi connectivity index (χ2n) is 6.12. The van der Waals surface area contributed by atoms with Crippen molar-refractivity contribution in [1.82, 2.24) is 10.2 Å². The molecule has 3 rings (SSSR count). The average molecular weight is 286 g/mol. The van der Waals surface area contributed by atoms with Gasteiger partial charge in [0.25, 0.3) is 5.91 Å². The summed E-state index contributed by atoms with van der Waals surface area (Å²) in [6.07, 6.45) is 4.05. The highest BCUT2D eigenvalue weighted by atomic mass is 16.2. The Morgan fingerprint density at radius 2 is 1.71 bits per heavy atom. The van der Waals surface area contributed by atoms with E-state index in [2.05, 4.69) is 5.32 Å². The summed E-state index contributed by atoms with van der Waals surface area (Å²) in [5.41, 5.74) is 0.762. The SMILES string of the molecule is O=C(NCC1CCN(C(=O)c2ccccc2)CC1)C1CC1. The van der Waals surface area contributed by atoms with Crippen LogP contribution in [0.15, 0.2) is 30.3 Å². The van der Waals surface area contributed by atoms with E-state index in [1.54, 1.807) is 0 Å². The van der Waals surface area contributed by atoms with E-state index in [4.69, 9.17) is 0 Å². The lowest BCUT2D eigenvalue weighted by molar-refractivity contribution is -0.122. The summed E-state index contributed by atoms with van der Waals surface area (Å²) in [6.45, 7) is 2.35. The quantitative estimate of drug-likeness (QED) is 0.921. The molecule has 1 aromatic carbocycles. The third kappa shape index (κ3) is 3.63. The van der Waals surface area contributed by atoms with E-state index >= 15 is 0 Å². The maximum atomic E-state index is 12.3. The fraction of sp³-hybridized carbons (Fsp3) is 0.529. The summed E-state index contributed by atoms with van der Waals surface area (Å²) in [4.78, 5) is 25.9. The largest absolute Gasteiger partial charge is 0.356 e. The van der Waals surface area contributed by atoms with Crippen molar-refractivity contribution in [1.29, 1.82) is 0 Å². The molecule has 4 heteroatoms. The van der Waals surface area contributed by atoms with E-state index in [0.29, 0.717) is 5.92 Å². The molecule has 2 aliphatic rings. The minimum absolute atomic E-state index is 0.121. The summed E-state index contributed by atoms with van der Waals surface area (Å²) in [5.74, 6) is 1.13. The zero-order chi connectivity index (χ0) is 14.7. The number of nitrogens with zero attached hydrogens (tertiary/aromatic N) is 1. The fourth-order valence-electron chi connectivity index (χ4n) is 2.84. The number of nitrogens with one attached hydrogen (secondary N) is 1. The minimum Gasteiger partial charge on any atom is -0.356 e. The molecule has 1 aliphatic heterocycles. The van der Waals surface area contributed by atoms with Gasteiger partial charge in [-0.3, -0.25) is 9.59 Å². The number of rotatable bonds is 4. The van der Waals surface area contributed by atoms with E-state index in [1.807, 2.05) is 35.2 Å². The predicted molar refractivity (Wildman–Crippen MR) is 80.8 cm³/mol. The van der Waals surface area contributed by atoms with E-state index in [1.165, 1.54) is 0 Å². The van der Waals surface area contributed by atoms with Crippen LogP contribution in [0.2, 0.25) is 0 Å². The Bertz CT molecular complexity index is 503. The first-order chi connectivity index (χ1) is 10.2. The van der Waals surface area contributed by atoms with E-state index in [-0.39, 0.29) is 17.7 Å². The molecule has 1 heterocycles. The van der Waals surface area contributed by atoms with Gasteiger partial charge < -0.3 is 10.2 Å². The Labute approximate surface area is 125 Å². The first-order valence-electron chi connectivity index (χ1n) is 7.86. The van der Waals surface area contributed by atoms with Crippen molar-refractivity contribution in [2.75, 3.05) is 19.6 Å².